The zero-order valence-corrected chi connectivity index (χ0v) is 9.44. The average molecular weight is 231 g/mol. The van der Waals surface area contributed by atoms with Gasteiger partial charge >= 0.3 is 0 Å². The Balaban J connectivity index is 2.99. The molecule has 4 nitrogen and oxygen atoms in total. The van der Waals surface area contributed by atoms with Crippen LogP contribution in [0.4, 0.5) is 5.82 Å². The van der Waals surface area contributed by atoms with Crippen LogP contribution >= 0.6 is 11.6 Å². The molecular weight excluding hydrogens is 216 g/mol. The molecule has 84 valence electrons. The number of nitrogen functional groups attached to an aromatic ring is 1. The molecule has 0 aromatic carbocycles. The predicted octanol–water partition coefficient (Wildman–Crippen LogP) is 1.37. The molecule has 1 aromatic rings. The largest absolute Gasteiger partial charge is 0.390 e. The van der Waals surface area contributed by atoms with E-state index in [1.54, 1.807) is 0 Å². The summed E-state index contributed by atoms with van der Waals surface area (Å²) >= 11 is 5.73. The Morgan fingerprint density at radius 2 is 2.00 bits per heavy atom. The number of aliphatic hydroxyl groups excluding tert-OH is 2. The molecule has 5 heteroatoms. The first kappa shape index (κ1) is 12.2. The molecule has 0 aliphatic carbocycles. The van der Waals surface area contributed by atoms with Crippen molar-refractivity contribution < 1.29 is 10.2 Å². The average Bonchev–Trinajstić information content (AvgIpc) is 2.19. The van der Waals surface area contributed by atoms with E-state index in [2.05, 4.69) is 4.98 Å². The van der Waals surface area contributed by atoms with Gasteiger partial charge in [-0.2, -0.15) is 0 Å². The second-order valence-corrected chi connectivity index (χ2v) is 4.24. The molecule has 15 heavy (non-hydrogen) atoms. The smallest absolute Gasteiger partial charge is 0.129 e. The topological polar surface area (TPSA) is 79.4 Å². The third-order valence-electron chi connectivity index (χ3n) is 2.24. The standard InChI is InChI=1S/C10H15ClN2O2/c1-5(2)8(14)9(15)7-3-6(11)4-13-10(7)12/h3-5,8-9,14-15H,1-2H3,(H2,12,13). The van der Waals surface area contributed by atoms with Gasteiger partial charge in [-0.25, -0.2) is 4.98 Å². The molecule has 0 bridgehead atoms. The van der Waals surface area contributed by atoms with Gasteiger partial charge in [-0.3, -0.25) is 0 Å². The number of aliphatic hydroxyl groups is 2. The molecule has 0 aliphatic rings. The Labute approximate surface area is 93.7 Å². The van der Waals surface area contributed by atoms with Crippen molar-refractivity contribution in [3.05, 3.63) is 22.8 Å². The summed E-state index contributed by atoms with van der Waals surface area (Å²) in [6, 6.07) is 1.51. The lowest BCUT2D eigenvalue weighted by molar-refractivity contribution is -0.00913. The number of anilines is 1. The first-order valence-electron chi connectivity index (χ1n) is 4.70. The van der Waals surface area contributed by atoms with Gasteiger partial charge in [0.05, 0.1) is 11.1 Å². The Hall–Kier alpha value is -0.840. The fraction of sp³-hybridized carbons (Fsp3) is 0.500. The third kappa shape index (κ3) is 2.81. The van der Waals surface area contributed by atoms with E-state index in [1.165, 1.54) is 12.3 Å². The van der Waals surface area contributed by atoms with Crippen molar-refractivity contribution in [2.75, 3.05) is 5.73 Å². The van der Waals surface area contributed by atoms with E-state index in [1.807, 2.05) is 13.8 Å². The summed E-state index contributed by atoms with van der Waals surface area (Å²) < 4.78 is 0. The highest BCUT2D eigenvalue weighted by Crippen LogP contribution is 2.27. The van der Waals surface area contributed by atoms with E-state index in [-0.39, 0.29) is 11.7 Å². The lowest BCUT2D eigenvalue weighted by Gasteiger charge is -2.22. The summed E-state index contributed by atoms with van der Waals surface area (Å²) in [5.74, 6) is 0.116. The van der Waals surface area contributed by atoms with E-state index < -0.39 is 12.2 Å². The Kier molecular flexibility index (Phi) is 3.90. The summed E-state index contributed by atoms with van der Waals surface area (Å²) in [6.07, 6.45) is -0.543. The first-order valence-corrected chi connectivity index (χ1v) is 5.08. The summed E-state index contributed by atoms with van der Waals surface area (Å²) in [7, 11) is 0. The fourth-order valence-electron chi connectivity index (χ4n) is 1.25. The van der Waals surface area contributed by atoms with Gasteiger partial charge in [-0.15, -0.1) is 0 Å². The number of pyridine rings is 1. The number of hydrogen-bond acceptors (Lipinski definition) is 4. The summed E-state index contributed by atoms with van der Waals surface area (Å²) in [5.41, 5.74) is 5.95. The molecular formula is C10H15ClN2O2. The van der Waals surface area contributed by atoms with Gasteiger partial charge in [-0.1, -0.05) is 25.4 Å². The molecule has 1 heterocycles. The van der Waals surface area contributed by atoms with Crippen molar-refractivity contribution in [3.63, 3.8) is 0 Å². The highest BCUT2D eigenvalue weighted by Gasteiger charge is 2.23. The Morgan fingerprint density at radius 1 is 1.40 bits per heavy atom. The summed E-state index contributed by atoms with van der Waals surface area (Å²) in [5, 5.41) is 19.9. The van der Waals surface area contributed by atoms with Crippen LogP contribution in [0, 0.1) is 5.92 Å². The van der Waals surface area contributed by atoms with E-state index in [4.69, 9.17) is 17.3 Å². The molecule has 0 amide bonds. The zero-order valence-electron chi connectivity index (χ0n) is 8.68. The zero-order chi connectivity index (χ0) is 11.6. The predicted molar refractivity (Wildman–Crippen MR) is 59.5 cm³/mol. The lowest BCUT2D eigenvalue weighted by Crippen LogP contribution is -2.24. The van der Waals surface area contributed by atoms with Crippen LogP contribution in [0.5, 0.6) is 0 Å². The van der Waals surface area contributed by atoms with E-state index in [0.717, 1.165) is 0 Å². The Morgan fingerprint density at radius 3 is 2.53 bits per heavy atom. The van der Waals surface area contributed by atoms with Crippen LogP contribution in [0.15, 0.2) is 12.3 Å². The molecule has 2 unspecified atom stereocenters. The maximum Gasteiger partial charge on any atom is 0.129 e. The second kappa shape index (κ2) is 4.79. The molecule has 4 N–H and O–H groups in total. The van der Waals surface area contributed by atoms with Gasteiger partial charge in [0.15, 0.2) is 0 Å². The first-order chi connectivity index (χ1) is 6.93. The van der Waals surface area contributed by atoms with Crippen LogP contribution in [0.2, 0.25) is 5.02 Å². The molecule has 0 saturated heterocycles. The van der Waals surface area contributed by atoms with Gasteiger partial charge in [0.25, 0.3) is 0 Å². The van der Waals surface area contributed by atoms with Crippen molar-refractivity contribution in [2.45, 2.75) is 26.1 Å². The maximum atomic E-state index is 9.84. The third-order valence-corrected chi connectivity index (χ3v) is 2.45. The molecule has 0 fully saturated rings. The number of nitrogens with zero attached hydrogens (tertiary/aromatic N) is 1. The molecule has 0 spiro atoms. The van der Waals surface area contributed by atoms with Gasteiger partial charge < -0.3 is 15.9 Å². The molecule has 0 saturated carbocycles. The SMILES string of the molecule is CC(C)C(O)C(O)c1cc(Cl)cnc1N. The molecule has 0 radical (unpaired) electrons. The van der Waals surface area contributed by atoms with Gasteiger partial charge in [-0.05, 0) is 12.0 Å². The number of rotatable bonds is 3. The normalized spacial score (nSPS) is 15.3. The highest BCUT2D eigenvalue weighted by molar-refractivity contribution is 6.30. The minimum absolute atomic E-state index is 0.0709. The van der Waals surface area contributed by atoms with Gasteiger partial charge in [0, 0.05) is 11.8 Å². The molecule has 1 aromatic heterocycles. The van der Waals surface area contributed by atoms with Crippen molar-refractivity contribution in [2.24, 2.45) is 5.92 Å². The van der Waals surface area contributed by atoms with Crippen molar-refractivity contribution >= 4 is 17.4 Å². The van der Waals surface area contributed by atoms with Crippen molar-refractivity contribution in [1.29, 1.82) is 0 Å². The minimum Gasteiger partial charge on any atom is -0.390 e. The lowest BCUT2D eigenvalue weighted by atomic mass is 9.97. The minimum atomic E-state index is -1.06. The second-order valence-electron chi connectivity index (χ2n) is 3.81. The van der Waals surface area contributed by atoms with Crippen LogP contribution in [0.3, 0.4) is 0 Å². The maximum absolute atomic E-state index is 9.84. The number of aromatic nitrogens is 1. The van der Waals surface area contributed by atoms with Crippen molar-refractivity contribution in [1.82, 2.24) is 4.98 Å². The summed E-state index contributed by atoms with van der Waals surface area (Å²) in [4.78, 5) is 3.82. The molecule has 1 rings (SSSR count). The van der Waals surface area contributed by atoms with E-state index >= 15 is 0 Å². The summed E-state index contributed by atoms with van der Waals surface area (Å²) in [6.45, 7) is 3.62. The fourth-order valence-corrected chi connectivity index (χ4v) is 1.42. The van der Waals surface area contributed by atoms with Crippen molar-refractivity contribution in [3.8, 4) is 0 Å². The van der Waals surface area contributed by atoms with E-state index in [9.17, 15) is 10.2 Å². The Bertz CT molecular complexity index is 344. The monoisotopic (exact) mass is 230 g/mol. The molecule has 2 atom stereocenters. The highest BCUT2D eigenvalue weighted by atomic mass is 35.5. The van der Waals surface area contributed by atoms with Crippen LogP contribution in [0.1, 0.15) is 25.5 Å². The van der Waals surface area contributed by atoms with E-state index in [0.29, 0.717) is 10.6 Å². The number of halogens is 1. The van der Waals surface area contributed by atoms with Gasteiger partial charge in [0.1, 0.15) is 11.9 Å². The van der Waals surface area contributed by atoms with Crippen LogP contribution < -0.4 is 5.73 Å². The number of hydrogen-bond donors (Lipinski definition) is 3. The van der Waals surface area contributed by atoms with Crippen LogP contribution in [-0.2, 0) is 0 Å². The quantitative estimate of drug-likeness (QED) is 0.733. The van der Waals surface area contributed by atoms with Gasteiger partial charge in [0.2, 0.25) is 0 Å². The number of nitrogens with two attached hydrogens (primary N) is 1. The van der Waals surface area contributed by atoms with Crippen LogP contribution in [-0.4, -0.2) is 21.3 Å². The van der Waals surface area contributed by atoms with Crippen LogP contribution in [0.25, 0.3) is 0 Å². The molecule has 0 aliphatic heterocycles.